The van der Waals surface area contributed by atoms with Crippen LogP contribution in [0.1, 0.15) is 11.1 Å². The molecule has 0 saturated carbocycles. The summed E-state index contributed by atoms with van der Waals surface area (Å²) in [7, 11) is 0. The number of aromatic nitrogens is 2. The van der Waals surface area contributed by atoms with Crippen LogP contribution in [0.4, 0.5) is 10.2 Å². The molecule has 0 saturated heterocycles. The first kappa shape index (κ1) is 18.4. The van der Waals surface area contributed by atoms with E-state index in [0.717, 1.165) is 5.56 Å². The topological polar surface area (TPSA) is 94.2 Å². The third kappa shape index (κ3) is 4.40. The maximum Gasteiger partial charge on any atom is 0.189 e. The third-order valence-electron chi connectivity index (χ3n) is 3.58. The predicted molar refractivity (Wildman–Crippen MR) is 103 cm³/mol. The molecule has 1 aromatic heterocycles. The molecule has 0 aliphatic heterocycles. The van der Waals surface area contributed by atoms with E-state index in [1.165, 1.54) is 23.9 Å². The smallest absolute Gasteiger partial charge is 0.189 e. The van der Waals surface area contributed by atoms with Crippen LogP contribution in [0.2, 0.25) is 0 Å². The Balaban J connectivity index is 1.96. The molecule has 1 heterocycles. The van der Waals surface area contributed by atoms with Gasteiger partial charge in [-0.05, 0) is 60.4 Å². The Kier molecular flexibility index (Phi) is 5.64. The van der Waals surface area contributed by atoms with Gasteiger partial charge in [0.2, 0.25) is 0 Å². The van der Waals surface area contributed by atoms with Crippen LogP contribution < -0.4 is 5.43 Å². The molecule has 0 atom stereocenters. The van der Waals surface area contributed by atoms with E-state index in [0.29, 0.717) is 16.4 Å². The van der Waals surface area contributed by atoms with Crippen molar-refractivity contribution in [2.75, 3.05) is 11.7 Å². The Morgan fingerprint density at radius 2 is 1.85 bits per heavy atom. The number of phenolic OH excluding ortho intramolecular Hbond substituents is 1. The molecule has 27 heavy (non-hydrogen) atoms. The molecule has 134 valence electrons. The molecule has 3 aromatic rings. The molecule has 0 radical (unpaired) electrons. The molecule has 0 unspecified atom stereocenters. The fourth-order valence-electron chi connectivity index (χ4n) is 2.26. The van der Waals surface area contributed by atoms with Crippen LogP contribution in [-0.4, -0.2) is 27.5 Å². The van der Waals surface area contributed by atoms with Crippen LogP contribution in [0.25, 0.3) is 11.3 Å². The van der Waals surface area contributed by atoms with Gasteiger partial charge in [0, 0.05) is 5.56 Å². The van der Waals surface area contributed by atoms with Crippen molar-refractivity contribution in [1.29, 1.82) is 5.26 Å². The first-order valence-corrected chi connectivity index (χ1v) is 9.03. The zero-order valence-corrected chi connectivity index (χ0v) is 15.0. The van der Waals surface area contributed by atoms with Gasteiger partial charge < -0.3 is 5.11 Å². The number of hydrazone groups is 1. The van der Waals surface area contributed by atoms with Gasteiger partial charge in [0.25, 0.3) is 0 Å². The van der Waals surface area contributed by atoms with Crippen molar-refractivity contribution in [1.82, 2.24) is 9.97 Å². The van der Waals surface area contributed by atoms with E-state index < -0.39 is 0 Å². The van der Waals surface area contributed by atoms with Gasteiger partial charge in [0.05, 0.1) is 11.9 Å². The molecule has 2 aromatic carbocycles. The van der Waals surface area contributed by atoms with Gasteiger partial charge >= 0.3 is 0 Å². The number of phenols is 1. The Labute approximate surface area is 159 Å². The second kappa shape index (κ2) is 8.29. The summed E-state index contributed by atoms with van der Waals surface area (Å²) in [6.07, 6.45) is 3.36. The second-order valence-electron chi connectivity index (χ2n) is 5.36. The van der Waals surface area contributed by atoms with E-state index in [1.807, 2.05) is 6.26 Å². The highest BCUT2D eigenvalue weighted by molar-refractivity contribution is 7.98. The quantitative estimate of drug-likeness (QED) is 0.301. The summed E-state index contributed by atoms with van der Waals surface area (Å²) in [5.74, 6) is 0.0516. The maximum absolute atomic E-state index is 13.2. The number of benzene rings is 2. The zero-order chi connectivity index (χ0) is 19.2. The minimum atomic E-state index is -0.367. The molecule has 6 nitrogen and oxygen atoms in total. The Hall–Kier alpha value is -3.44. The maximum atomic E-state index is 13.2. The molecule has 8 heteroatoms. The Bertz CT molecular complexity index is 1010. The highest BCUT2D eigenvalue weighted by Crippen LogP contribution is 2.28. The largest absolute Gasteiger partial charge is 0.508 e. The average Bonchev–Trinajstić information content (AvgIpc) is 2.69. The lowest BCUT2D eigenvalue weighted by molar-refractivity contribution is 0.475. The SMILES string of the molecule is CSc1nc(N/N=C/c2ccc(O)cc2)c(C#N)c(-c2ccc(F)cc2)n1. The van der Waals surface area contributed by atoms with Crippen LogP contribution in [-0.2, 0) is 0 Å². The van der Waals surface area contributed by atoms with Crippen molar-refractivity contribution in [2.24, 2.45) is 5.10 Å². The third-order valence-corrected chi connectivity index (χ3v) is 4.13. The number of halogens is 1. The highest BCUT2D eigenvalue weighted by atomic mass is 32.2. The minimum Gasteiger partial charge on any atom is -0.508 e. The monoisotopic (exact) mass is 379 g/mol. The summed E-state index contributed by atoms with van der Waals surface area (Å²) >= 11 is 1.32. The van der Waals surface area contributed by atoms with Crippen molar-refractivity contribution >= 4 is 23.8 Å². The van der Waals surface area contributed by atoms with Gasteiger partial charge in [0.1, 0.15) is 23.2 Å². The van der Waals surface area contributed by atoms with E-state index in [-0.39, 0.29) is 22.9 Å². The highest BCUT2D eigenvalue weighted by Gasteiger charge is 2.15. The normalized spacial score (nSPS) is 10.7. The lowest BCUT2D eigenvalue weighted by Gasteiger charge is -2.09. The van der Waals surface area contributed by atoms with E-state index in [4.69, 9.17) is 0 Å². The lowest BCUT2D eigenvalue weighted by Crippen LogP contribution is -2.03. The number of hydrogen-bond donors (Lipinski definition) is 2. The number of aromatic hydroxyl groups is 1. The summed E-state index contributed by atoms with van der Waals surface area (Å²) in [6, 6.07) is 14.3. The Morgan fingerprint density at radius 1 is 1.15 bits per heavy atom. The van der Waals surface area contributed by atoms with Crippen molar-refractivity contribution in [2.45, 2.75) is 5.16 Å². The fourth-order valence-corrected chi connectivity index (χ4v) is 2.63. The number of hydrogen-bond acceptors (Lipinski definition) is 7. The summed E-state index contributed by atoms with van der Waals surface area (Å²) < 4.78 is 13.2. The van der Waals surface area contributed by atoms with Crippen molar-refractivity contribution < 1.29 is 9.50 Å². The first-order valence-electron chi connectivity index (χ1n) is 7.81. The van der Waals surface area contributed by atoms with Gasteiger partial charge in [-0.15, -0.1) is 0 Å². The van der Waals surface area contributed by atoms with Crippen LogP contribution in [0.3, 0.4) is 0 Å². The molecule has 3 rings (SSSR count). The molecular formula is C19H14FN5OS. The van der Waals surface area contributed by atoms with Crippen LogP contribution >= 0.6 is 11.8 Å². The average molecular weight is 379 g/mol. The van der Waals surface area contributed by atoms with E-state index in [1.54, 1.807) is 42.6 Å². The van der Waals surface area contributed by atoms with E-state index >= 15 is 0 Å². The molecule has 0 bridgehead atoms. The van der Waals surface area contributed by atoms with Crippen LogP contribution in [0.5, 0.6) is 5.75 Å². The van der Waals surface area contributed by atoms with E-state index in [9.17, 15) is 14.8 Å². The summed E-state index contributed by atoms with van der Waals surface area (Å²) in [6.45, 7) is 0. The molecule has 0 amide bonds. The van der Waals surface area contributed by atoms with Crippen molar-refractivity contribution in [3.8, 4) is 23.1 Å². The summed E-state index contributed by atoms with van der Waals surface area (Å²) in [5, 5.41) is 23.5. The van der Waals surface area contributed by atoms with Crippen molar-refractivity contribution in [3.05, 3.63) is 65.5 Å². The molecule has 0 aliphatic rings. The predicted octanol–water partition coefficient (Wildman–Crippen LogP) is 4.03. The molecule has 0 fully saturated rings. The summed E-state index contributed by atoms with van der Waals surface area (Å²) in [4.78, 5) is 8.69. The molecular weight excluding hydrogens is 365 g/mol. The minimum absolute atomic E-state index is 0.163. The number of rotatable bonds is 5. The number of thioether (sulfide) groups is 1. The number of nitrogens with zero attached hydrogens (tertiary/aromatic N) is 4. The van der Waals surface area contributed by atoms with Crippen LogP contribution in [0, 0.1) is 17.1 Å². The van der Waals surface area contributed by atoms with Gasteiger partial charge in [0.15, 0.2) is 11.0 Å². The second-order valence-corrected chi connectivity index (χ2v) is 6.14. The molecule has 0 spiro atoms. The van der Waals surface area contributed by atoms with Gasteiger partial charge in [-0.1, -0.05) is 11.8 Å². The van der Waals surface area contributed by atoms with Gasteiger partial charge in [-0.2, -0.15) is 10.4 Å². The first-order chi connectivity index (χ1) is 13.1. The standard InChI is InChI=1S/C19H14FN5OS/c1-27-19-23-17(13-4-6-14(20)7-5-13)16(10-21)18(24-19)25-22-11-12-2-8-15(26)9-3-12/h2-9,11,26H,1H3,(H,23,24,25)/b22-11+. The van der Waals surface area contributed by atoms with E-state index in [2.05, 4.69) is 26.6 Å². The number of nitrogens with one attached hydrogen (secondary N) is 1. The summed E-state index contributed by atoms with van der Waals surface area (Å²) in [5.41, 5.74) is 4.75. The van der Waals surface area contributed by atoms with Gasteiger partial charge in [-0.25, -0.2) is 14.4 Å². The number of anilines is 1. The lowest BCUT2D eigenvalue weighted by atomic mass is 10.1. The molecule has 2 N–H and O–H groups in total. The zero-order valence-electron chi connectivity index (χ0n) is 14.2. The fraction of sp³-hybridized carbons (Fsp3) is 0.0526. The van der Waals surface area contributed by atoms with Crippen molar-refractivity contribution in [3.63, 3.8) is 0 Å². The number of nitriles is 1. The van der Waals surface area contributed by atoms with Crippen LogP contribution in [0.15, 0.2) is 58.8 Å². The Morgan fingerprint density at radius 3 is 2.48 bits per heavy atom. The molecule has 0 aliphatic carbocycles. The van der Waals surface area contributed by atoms with Gasteiger partial charge in [-0.3, -0.25) is 5.43 Å².